The maximum atomic E-state index is 13.9. The van der Waals surface area contributed by atoms with Crippen LogP contribution in [0.25, 0.3) is 0 Å². The first-order valence-electron chi connectivity index (χ1n) is 16.8. The minimum absolute atomic E-state index is 0.00738. The number of Topliss-reactive ketones (excluding diaryl/α,β-unsaturated/α-hetero) is 1. The van der Waals surface area contributed by atoms with Gasteiger partial charge in [0.05, 0.1) is 6.61 Å². The van der Waals surface area contributed by atoms with Crippen molar-refractivity contribution in [1.29, 1.82) is 0 Å². The SMILES string of the molecule is CCOC(=O)C(C)C(=O)[C@@H]1CC(C)(C)CC2C3=CCC4[C@@]5(C)Cc6c(N)n[nH]c6C(C)(C)C5CC[C@@]4(C)[C@]3(C)CC[C@@H]21. The molecular formula is C36H55N3O3. The van der Waals surface area contributed by atoms with Crippen LogP contribution < -0.4 is 5.73 Å². The highest BCUT2D eigenvalue weighted by atomic mass is 16.5. The summed E-state index contributed by atoms with van der Waals surface area (Å²) in [7, 11) is 0. The van der Waals surface area contributed by atoms with Crippen molar-refractivity contribution in [3.8, 4) is 0 Å². The third-order valence-electron chi connectivity index (χ3n) is 14.1. The number of fused-ring (bicyclic) bond motifs is 8. The van der Waals surface area contributed by atoms with Crippen molar-refractivity contribution in [2.24, 2.45) is 57.2 Å². The second-order valence-electron chi connectivity index (χ2n) is 17.0. The van der Waals surface area contributed by atoms with Crippen molar-refractivity contribution in [3.05, 3.63) is 22.9 Å². The number of rotatable bonds is 4. The molecule has 1 aromatic rings. The molecule has 0 aromatic carbocycles. The molecule has 0 spiro atoms. The van der Waals surface area contributed by atoms with Crippen molar-refractivity contribution in [1.82, 2.24) is 10.2 Å². The summed E-state index contributed by atoms with van der Waals surface area (Å²) in [6.45, 7) is 21.1. The van der Waals surface area contributed by atoms with Crippen LogP contribution >= 0.6 is 0 Å². The fourth-order valence-corrected chi connectivity index (χ4v) is 12.0. The van der Waals surface area contributed by atoms with Gasteiger partial charge in [0.2, 0.25) is 0 Å². The van der Waals surface area contributed by atoms with Crippen molar-refractivity contribution in [3.63, 3.8) is 0 Å². The highest BCUT2D eigenvalue weighted by Gasteiger charge is 2.67. The van der Waals surface area contributed by atoms with Gasteiger partial charge in [-0.15, -0.1) is 0 Å². The number of anilines is 1. The van der Waals surface area contributed by atoms with Gasteiger partial charge in [-0.3, -0.25) is 14.7 Å². The van der Waals surface area contributed by atoms with E-state index in [2.05, 4.69) is 64.7 Å². The van der Waals surface area contributed by atoms with E-state index in [1.54, 1.807) is 12.5 Å². The first-order valence-corrected chi connectivity index (χ1v) is 16.8. The van der Waals surface area contributed by atoms with Gasteiger partial charge in [-0.25, -0.2) is 0 Å². The molecule has 1 aromatic heterocycles. The molecule has 4 unspecified atom stereocenters. The van der Waals surface area contributed by atoms with Crippen LogP contribution in [0, 0.1) is 57.2 Å². The largest absolute Gasteiger partial charge is 0.465 e. The van der Waals surface area contributed by atoms with E-state index in [9.17, 15) is 9.59 Å². The van der Waals surface area contributed by atoms with Crippen LogP contribution in [0.5, 0.6) is 0 Å². The molecule has 5 aliphatic rings. The van der Waals surface area contributed by atoms with Gasteiger partial charge in [-0.1, -0.05) is 60.1 Å². The fourth-order valence-electron chi connectivity index (χ4n) is 12.0. The Morgan fingerprint density at radius 2 is 1.79 bits per heavy atom. The Balaban J connectivity index is 1.38. The number of ether oxygens (including phenoxy) is 1. The summed E-state index contributed by atoms with van der Waals surface area (Å²) in [4.78, 5) is 26.5. The van der Waals surface area contributed by atoms with Crippen LogP contribution in [0.2, 0.25) is 0 Å². The molecule has 0 saturated heterocycles. The number of hydrogen-bond donors (Lipinski definition) is 2. The first-order chi connectivity index (χ1) is 19.5. The lowest BCUT2D eigenvalue weighted by molar-refractivity contribution is -0.160. The zero-order valence-electron chi connectivity index (χ0n) is 27.7. The molecule has 0 radical (unpaired) electrons. The summed E-state index contributed by atoms with van der Waals surface area (Å²) in [5.41, 5.74) is 11.1. The second-order valence-corrected chi connectivity index (χ2v) is 17.0. The van der Waals surface area contributed by atoms with Crippen molar-refractivity contribution < 1.29 is 14.3 Å². The Morgan fingerprint density at radius 1 is 1.07 bits per heavy atom. The van der Waals surface area contributed by atoms with E-state index in [0.29, 0.717) is 36.1 Å². The average Bonchev–Trinajstić information content (AvgIpc) is 3.27. The quantitative estimate of drug-likeness (QED) is 0.220. The van der Waals surface area contributed by atoms with Crippen LogP contribution in [0.1, 0.15) is 119 Å². The topological polar surface area (TPSA) is 98.1 Å². The monoisotopic (exact) mass is 577 g/mol. The fraction of sp³-hybridized carbons (Fsp3) is 0.806. The molecule has 6 rings (SSSR count). The highest BCUT2D eigenvalue weighted by Crippen LogP contribution is 2.74. The summed E-state index contributed by atoms with van der Waals surface area (Å²) in [6, 6.07) is 0. The Labute approximate surface area is 253 Å². The van der Waals surface area contributed by atoms with Crippen molar-refractivity contribution >= 4 is 17.6 Å². The van der Waals surface area contributed by atoms with Crippen LogP contribution in [0.15, 0.2) is 11.6 Å². The molecule has 6 nitrogen and oxygen atoms in total. The Hall–Kier alpha value is -2.11. The number of nitrogen functional groups attached to an aromatic ring is 1. The maximum absolute atomic E-state index is 13.9. The molecule has 42 heavy (non-hydrogen) atoms. The smallest absolute Gasteiger partial charge is 0.316 e. The lowest BCUT2D eigenvalue weighted by Crippen LogP contribution is -2.64. The molecule has 6 heteroatoms. The van der Waals surface area contributed by atoms with Gasteiger partial charge in [-0.05, 0) is 111 Å². The summed E-state index contributed by atoms with van der Waals surface area (Å²) >= 11 is 0. The molecule has 3 saturated carbocycles. The third kappa shape index (κ3) is 3.91. The number of carbonyl (C=O) groups is 2. The molecule has 5 aliphatic carbocycles. The lowest BCUT2D eigenvalue weighted by Gasteiger charge is -2.70. The normalized spacial score (nSPS) is 42.0. The van der Waals surface area contributed by atoms with Crippen LogP contribution in [0.4, 0.5) is 5.82 Å². The average molecular weight is 578 g/mol. The predicted molar refractivity (Wildman–Crippen MR) is 166 cm³/mol. The number of nitrogens with zero attached hydrogens (tertiary/aromatic N) is 1. The molecular weight excluding hydrogens is 522 g/mol. The zero-order chi connectivity index (χ0) is 30.6. The number of hydrogen-bond acceptors (Lipinski definition) is 5. The molecule has 9 atom stereocenters. The number of ketones is 1. The van der Waals surface area contributed by atoms with Gasteiger partial charge in [0.1, 0.15) is 17.5 Å². The van der Waals surface area contributed by atoms with Crippen LogP contribution in [-0.4, -0.2) is 28.6 Å². The van der Waals surface area contributed by atoms with Crippen LogP contribution in [0.3, 0.4) is 0 Å². The van der Waals surface area contributed by atoms with E-state index in [-0.39, 0.29) is 44.7 Å². The molecule has 3 fully saturated rings. The highest BCUT2D eigenvalue weighted by molar-refractivity contribution is 6.00. The number of nitrogens with one attached hydrogen (secondary N) is 1. The van der Waals surface area contributed by atoms with Crippen molar-refractivity contribution in [2.75, 3.05) is 12.3 Å². The standard InChI is InChI=1S/C36H55N3O3/c1-10-42-31(41)20(2)28(40)23-18-32(3,4)17-22-21(23)13-15-35(8)25(22)11-12-27-34(7)19-24-29(38-39-30(24)37)33(5,6)26(34)14-16-36(27,35)9/h11,20-23,26-27H,10,12-19H2,1-9H3,(H3,37,38,39)/t20?,21-,22?,23+,26?,27?,34-,35+,36+/m0/s1. The van der Waals surface area contributed by atoms with Gasteiger partial charge in [0.15, 0.2) is 0 Å². The summed E-state index contributed by atoms with van der Waals surface area (Å²) < 4.78 is 5.28. The van der Waals surface area contributed by atoms with Crippen LogP contribution in [-0.2, 0) is 26.2 Å². The first kappa shape index (κ1) is 29.9. The van der Waals surface area contributed by atoms with E-state index in [4.69, 9.17) is 10.5 Å². The number of allylic oxidation sites excluding steroid dienone is 2. The van der Waals surface area contributed by atoms with E-state index in [1.165, 1.54) is 24.1 Å². The minimum Gasteiger partial charge on any atom is -0.465 e. The summed E-state index contributed by atoms with van der Waals surface area (Å²) in [5.74, 6) is 1.51. The predicted octanol–water partition coefficient (Wildman–Crippen LogP) is 7.43. The Morgan fingerprint density at radius 3 is 2.48 bits per heavy atom. The van der Waals surface area contributed by atoms with Gasteiger partial charge in [-0.2, -0.15) is 5.10 Å². The molecule has 232 valence electrons. The number of nitrogens with two attached hydrogens (primary N) is 1. The van der Waals surface area contributed by atoms with Gasteiger partial charge >= 0.3 is 5.97 Å². The van der Waals surface area contributed by atoms with Gasteiger partial charge < -0.3 is 10.5 Å². The van der Waals surface area contributed by atoms with Crippen molar-refractivity contribution in [2.45, 2.75) is 119 Å². The molecule has 0 bridgehead atoms. The number of esters is 1. The molecule has 3 N–H and O–H groups in total. The molecule has 0 amide bonds. The third-order valence-corrected chi connectivity index (χ3v) is 14.1. The van der Waals surface area contributed by atoms with Gasteiger partial charge in [0, 0.05) is 22.6 Å². The Kier molecular flexibility index (Phi) is 6.73. The van der Waals surface area contributed by atoms with E-state index < -0.39 is 5.92 Å². The summed E-state index contributed by atoms with van der Waals surface area (Å²) in [6.07, 6.45) is 11.4. The molecule has 0 aliphatic heterocycles. The lowest BCUT2D eigenvalue weighted by atomic mass is 9.34. The zero-order valence-corrected chi connectivity index (χ0v) is 27.7. The number of aromatic amines is 1. The minimum atomic E-state index is -0.690. The maximum Gasteiger partial charge on any atom is 0.316 e. The number of aromatic nitrogens is 2. The van der Waals surface area contributed by atoms with E-state index >= 15 is 0 Å². The Bertz CT molecular complexity index is 1320. The van der Waals surface area contributed by atoms with Gasteiger partial charge in [0.25, 0.3) is 0 Å². The molecule has 1 heterocycles. The number of H-pyrrole nitrogens is 1. The van der Waals surface area contributed by atoms with E-state index in [1.807, 2.05) is 6.92 Å². The summed E-state index contributed by atoms with van der Waals surface area (Å²) in [5, 5.41) is 7.81. The number of carbonyl (C=O) groups excluding carboxylic acids is 2. The second kappa shape index (κ2) is 9.44. The van der Waals surface area contributed by atoms with E-state index in [0.717, 1.165) is 38.5 Å².